The molecule has 0 fully saturated rings. The van der Waals surface area contributed by atoms with Gasteiger partial charge in [-0.25, -0.2) is 4.79 Å². The number of nitrogens with zero attached hydrogens (tertiary/aromatic N) is 1. The lowest BCUT2D eigenvalue weighted by Crippen LogP contribution is -2.26. The SMILES string of the molecule is CC(C)(C)OC(=O)c1cnc2c(c1)CNCC2. The predicted molar refractivity (Wildman–Crippen MR) is 64.8 cm³/mol. The van der Waals surface area contributed by atoms with Crippen LogP contribution in [0.4, 0.5) is 0 Å². The van der Waals surface area contributed by atoms with Crippen LogP contribution in [-0.2, 0) is 17.7 Å². The van der Waals surface area contributed by atoms with Crippen molar-refractivity contribution in [1.82, 2.24) is 10.3 Å². The number of ether oxygens (including phenoxy) is 1. The smallest absolute Gasteiger partial charge is 0.340 e. The zero-order valence-electron chi connectivity index (χ0n) is 10.5. The first-order valence-corrected chi connectivity index (χ1v) is 5.87. The van der Waals surface area contributed by atoms with Crippen molar-refractivity contribution in [1.29, 1.82) is 0 Å². The second-order valence-corrected chi connectivity index (χ2v) is 5.26. The molecule has 1 N–H and O–H groups in total. The van der Waals surface area contributed by atoms with E-state index in [0.717, 1.165) is 30.8 Å². The summed E-state index contributed by atoms with van der Waals surface area (Å²) in [5.41, 5.74) is 2.24. The van der Waals surface area contributed by atoms with Crippen molar-refractivity contribution in [3.63, 3.8) is 0 Å². The van der Waals surface area contributed by atoms with E-state index < -0.39 is 5.60 Å². The Kier molecular flexibility index (Phi) is 3.15. The number of nitrogens with one attached hydrogen (secondary N) is 1. The Bertz CT molecular complexity index is 436. The van der Waals surface area contributed by atoms with Gasteiger partial charge in [0.1, 0.15) is 5.60 Å². The molecule has 0 radical (unpaired) electrons. The van der Waals surface area contributed by atoms with E-state index in [1.165, 1.54) is 0 Å². The number of hydrogen-bond donors (Lipinski definition) is 1. The third kappa shape index (κ3) is 3.03. The Morgan fingerprint density at radius 1 is 1.47 bits per heavy atom. The number of rotatable bonds is 1. The Balaban J connectivity index is 2.19. The molecular weight excluding hydrogens is 216 g/mol. The number of aromatic nitrogens is 1. The highest BCUT2D eigenvalue weighted by Crippen LogP contribution is 2.16. The lowest BCUT2D eigenvalue weighted by Gasteiger charge is -2.20. The van der Waals surface area contributed by atoms with Gasteiger partial charge in [0.25, 0.3) is 0 Å². The van der Waals surface area contributed by atoms with E-state index in [2.05, 4.69) is 10.3 Å². The van der Waals surface area contributed by atoms with Crippen LogP contribution in [0.25, 0.3) is 0 Å². The highest BCUT2D eigenvalue weighted by atomic mass is 16.6. The molecule has 1 aromatic heterocycles. The summed E-state index contributed by atoms with van der Waals surface area (Å²) in [4.78, 5) is 16.2. The van der Waals surface area contributed by atoms with Gasteiger partial charge in [0.15, 0.2) is 0 Å². The Morgan fingerprint density at radius 3 is 2.94 bits per heavy atom. The van der Waals surface area contributed by atoms with Gasteiger partial charge < -0.3 is 10.1 Å². The van der Waals surface area contributed by atoms with Gasteiger partial charge in [-0.3, -0.25) is 4.98 Å². The van der Waals surface area contributed by atoms with Gasteiger partial charge in [-0.05, 0) is 32.4 Å². The van der Waals surface area contributed by atoms with E-state index in [4.69, 9.17) is 4.74 Å². The first kappa shape index (κ1) is 12.0. The number of carbonyl (C=O) groups is 1. The highest BCUT2D eigenvalue weighted by molar-refractivity contribution is 5.89. The van der Waals surface area contributed by atoms with Crippen LogP contribution < -0.4 is 5.32 Å². The van der Waals surface area contributed by atoms with Crippen LogP contribution in [0.5, 0.6) is 0 Å². The molecule has 1 aliphatic rings. The molecule has 0 bridgehead atoms. The molecule has 0 saturated carbocycles. The molecule has 1 aromatic rings. The van der Waals surface area contributed by atoms with Crippen LogP contribution in [0.2, 0.25) is 0 Å². The number of carbonyl (C=O) groups excluding carboxylic acids is 1. The van der Waals surface area contributed by atoms with Gasteiger partial charge in [0.2, 0.25) is 0 Å². The maximum absolute atomic E-state index is 11.9. The average Bonchev–Trinajstić information content (AvgIpc) is 2.26. The summed E-state index contributed by atoms with van der Waals surface area (Å²) in [5.74, 6) is -0.307. The van der Waals surface area contributed by atoms with Crippen molar-refractivity contribution in [2.24, 2.45) is 0 Å². The van der Waals surface area contributed by atoms with Crippen molar-refractivity contribution in [3.8, 4) is 0 Å². The molecule has 2 heterocycles. The minimum Gasteiger partial charge on any atom is -0.456 e. The largest absolute Gasteiger partial charge is 0.456 e. The summed E-state index contributed by atoms with van der Waals surface area (Å²) in [6.45, 7) is 7.31. The molecule has 0 aromatic carbocycles. The first-order chi connectivity index (χ1) is 7.96. The van der Waals surface area contributed by atoms with Gasteiger partial charge in [-0.1, -0.05) is 0 Å². The minimum atomic E-state index is -0.467. The molecule has 2 rings (SSSR count). The second-order valence-electron chi connectivity index (χ2n) is 5.26. The lowest BCUT2D eigenvalue weighted by molar-refractivity contribution is 0.00689. The zero-order chi connectivity index (χ0) is 12.5. The van der Waals surface area contributed by atoms with E-state index in [9.17, 15) is 4.79 Å². The van der Waals surface area contributed by atoms with Crippen LogP contribution in [0.1, 0.15) is 42.4 Å². The Morgan fingerprint density at radius 2 is 2.24 bits per heavy atom. The van der Waals surface area contributed by atoms with Gasteiger partial charge in [-0.15, -0.1) is 0 Å². The Labute approximate surface area is 101 Å². The van der Waals surface area contributed by atoms with E-state index in [1.54, 1.807) is 6.20 Å². The molecule has 0 atom stereocenters. The van der Waals surface area contributed by atoms with Crippen molar-refractivity contribution in [2.75, 3.05) is 6.54 Å². The molecule has 17 heavy (non-hydrogen) atoms. The predicted octanol–water partition coefficient (Wildman–Crippen LogP) is 1.68. The molecule has 4 nitrogen and oxygen atoms in total. The summed E-state index contributed by atoms with van der Waals surface area (Å²) in [7, 11) is 0. The quantitative estimate of drug-likeness (QED) is 0.751. The van der Waals surface area contributed by atoms with E-state index >= 15 is 0 Å². The Hall–Kier alpha value is -1.42. The van der Waals surface area contributed by atoms with Crippen molar-refractivity contribution >= 4 is 5.97 Å². The fraction of sp³-hybridized carbons (Fsp3) is 0.538. The van der Waals surface area contributed by atoms with Crippen LogP contribution in [0.3, 0.4) is 0 Å². The summed E-state index contributed by atoms with van der Waals surface area (Å²) >= 11 is 0. The number of fused-ring (bicyclic) bond motifs is 1. The summed E-state index contributed by atoms with van der Waals surface area (Å²) < 4.78 is 5.32. The number of hydrogen-bond acceptors (Lipinski definition) is 4. The average molecular weight is 234 g/mol. The lowest BCUT2D eigenvalue weighted by atomic mass is 10.1. The molecular formula is C13H18N2O2. The standard InChI is InChI=1S/C13H18N2O2/c1-13(2,3)17-12(16)10-6-9-7-14-5-4-11(9)15-8-10/h6,8,14H,4-5,7H2,1-3H3. The van der Waals surface area contributed by atoms with Gasteiger partial charge >= 0.3 is 5.97 Å². The summed E-state index contributed by atoms with van der Waals surface area (Å²) in [6, 6.07) is 1.88. The van der Waals surface area contributed by atoms with Gasteiger partial charge in [0, 0.05) is 31.4 Å². The first-order valence-electron chi connectivity index (χ1n) is 5.87. The fourth-order valence-corrected chi connectivity index (χ4v) is 1.80. The molecule has 0 aliphatic carbocycles. The van der Waals surface area contributed by atoms with Gasteiger partial charge in [-0.2, -0.15) is 0 Å². The molecule has 0 spiro atoms. The fourth-order valence-electron chi connectivity index (χ4n) is 1.80. The maximum Gasteiger partial charge on any atom is 0.340 e. The van der Waals surface area contributed by atoms with E-state index in [-0.39, 0.29) is 5.97 Å². The summed E-state index contributed by atoms with van der Waals surface area (Å²) in [5, 5.41) is 3.26. The topological polar surface area (TPSA) is 51.2 Å². The molecule has 0 amide bonds. The third-order valence-electron chi connectivity index (χ3n) is 2.55. The number of esters is 1. The van der Waals surface area contributed by atoms with Gasteiger partial charge in [0.05, 0.1) is 5.56 Å². The normalized spacial score (nSPS) is 15.2. The van der Waals surface area contributed by atoms with E-state index in [0.29, 0.717) is 5.56 Å². The summed E-state index contributed by atoms with van der Waals surface area (Å²) in [6.07, 6.45) is 2.53. The van der Waals surface area contributed by atoms with Crippen molar-refractivity contribution in [3.05, 3.63) is 29.1 Å². The van der Waals surface area contributed by atoms with E-state index in [1.807, 2.05) is 26.8 Å². The number of pyridine rings is 1. The molecule has 4 heteroatoms. The maximum atomic E-state index is 11.9. The monoisotopic (exact) mass is 234 g/mol. The molecule has 92 valence electrons. The van der Waals surface area contributed by atoms with Crippen molar-refractivity contribution < 1.29 is 9.53 Å². The minimum absolute atomic E-state index is 0.307. The highest BCUT2D eigenvalue weighted by Gasteiger charge is 2.19. The third-order valence-corrected chi connectivity index (χ3v) is 2.55. The van der Waals surface area contributed by atoms with Crippen LogP contribution in [0.15, 0.2) is 12.3 Å². The molecule has 1 aliphatic heterocycles. The molecule has 0 unspecified atom stereocenters. The zero-order valence-corrected chi connectivity index (χ0v) is 10.5. The molecule has 0 saturated heterocycles. The van der Waals surface area contributed by atoms with Crippen LogP contribution in [0, 0.1) is 0 Å². The van der Waals surface area contributed by atoms with Crippen LogP contribution >= 0.6 is 0 Å². The second kappa shape index (κ2) is 4.45. The van der Waals surface area contributed by atoms with Crippen LogP contribution in [-0.4, -0.2) is 23.1 Å². The van der Waals surface area contributed by atoms with Crippen molar-refractivity contribution in [2.45, 2.75) is 39.3 Å².